The first kappa shape index (κ1) is 53.3. The fraction of sp³-hybridized carbons (Fsp3) is 0.878. The molecular formula is C49H93NO5. The van der Waals surface area contributed by atoms with E-state index in [0.717, 1.165) is 57.8 Å². The Morgan fingerprint density at radius 1 is 0.491 bits per heavy atom. The third kappa shape index (κ3) is 41.8. The van der Waals surface area contributed by atoms with Crippen LogP contribution in [0.15, 0.2) is 24.3 Å². The fourth-order valence-electron chi connectivity index (χ4n) is 7.21. The Morgan fingerprint density at radius 2 is 0.855 bits per heavy atom. The Morgan fingerprint density at radius 3 is 1.29 bits per heavy atom. The third-order valence-electron chi connectivity index (χ3n) is 11.0. The Hall–Kier alpha value is -1.66. The van der Waals surface area contributed by atoms with Crippen LogP contribution in [0.1, 0.15) is 251 Å². The highest BCUT2D eigenvalue weighted by atomic mass is 16.5. The number of nitrogens with one attached hydrogen (secondary N) is 1. The van der Waals surface area contributed by atoms with E-state index in [0.29, 0.717) is 19.4 Å². The molecule has 0 aromatic heterocycles. The van der Waals surface area contributed by atoms with E-state index in [1.54, 1.807) is 6.08 Å². The van der Waals surface area contributed by atoms with Crippen molar-refractivity contribution in [3.8, 4) is 0 Å². The van der Waals surface area contributed by atoms with Gasteiger partial charge in [-0.1, -0.05) is 205 Å². The monoisotopic (exact) mass is 776 g/mol. The number of allylic oxidation sites excluding steroid dienone is 3. The van der Waals surface area contributed by atoms with Gasteiger partial charge in [0, 0.05) is 12.8 Å². The summed E-state index contributed by atoms with van der Waals surface area (Å²) in [6.45, 7) is 4.81. The number of aliphatic hydroxyl groups excluding tert-OH is 2. The molecule has 2 atom stereocenters. The lowest BCUT2D eigenvalue weighted by molar-refractivity contribution is -0.143. The number of rotatable bonds is 44. The van der Waals surface area contributed by atoms with Gasteiger partial charge in [-0.15, -0.1) is 0 Å². The molecule has 2 unspecified atom stereocenters. The van der Waals surface area contributed by atoms with Crippen molar-refractivity contribution in [2.75, 3.05) is 13.2 Å². The molecular weight excluding hydrogens is 683 g/mol. The Bertz CT molecular complexity index is 858. The van der Waals surface area contributed by atoms with Crippen molar-refractivity contribution in [1.29, 1.82) is 0 Å². The van der Waals surface area contributed by atoms with Crippen LogP contribution in [-0.4, -0.2) is 47.4 Å². The lowest BCUT2D eigenvalue weighted by atomic mass is 10.1. The highest BCUT2D eigenvalue weighted by molar-refractivity contribution is 5.76. The molecule has 0 aliphatic rings. The summed E-state index contributed by atoms with van der Waals surface area (Å²) in [4.78, 5) is 24.4. The summed E-state index contributed by atoms with van der Waals surface area (Å²) in [7, 11) is 0. The van der Waals surface area contributed by atoms with Gasteiger partial charge >= 0.3 is 5.97 Å². The molecule has 0 fully saturated rings. The minimum atomic E-state index is -0.856. The molecule has 0 saturated carbocycles. The first-order chi connectivity index (χ1) is 27.0. The van der Waals surface area contributed by atoms with Gasteiger partial charge in [0.25, 0.3) is 0 Å². The number of esters is 1. The zero-order valence-electron chi connectivity index (χ0n) is 36.7. The van der Waals surface area contributed by atoms with Crippen molar-refractivity contribution in [1.82, 2.24) is 5.32 Å². The number of carbonyl (C=O) groups excluding carboxylic acids is 2. The predicted octanol–water partition coefficient (Wildman–Crippen LogP) is 14.0. The second-order valence-corrected chi connectivity index (χ2v) is 16.4. The normalized spacial score (nSPS) is 12.9. The van der Waals surface area contributed by atoms with Crippen molar-refractivity contribution in [2.24, 2.45) is 0 Å². The lowest BCUT2D eigenvalue weighted by Crippen LogP contribution is -2.45. The quantitative estimate of drug-likeness (QED) is 0.0325. The third-order valence-corrected chi connectivity index (χ3v) is 11.0. The van der Waals surface area contributed by atoms with Crippen LogP contribution in [0.2, 0.25) is 0 Å². The summed E-state index contributed by atoms with van der Waals surface area (Å²) >= 11 is 0. The number of aliphatic hydroxyl groups is 2. The van der Waals surface area contributed by atoms with Gasteiger partial charge < -0.3 is 20.3 Å². The van der Waals surface area contributed by atoms with E-state index in [-0.39, 0.29) is 18.5 Å². The summed E-state index contributed by atoms with van der Waals surface area (Å²) in [5, 5.41) is 22.8. The molecule has 1 amide bonds. The minimum absolute atomic E-state index is 0.0224. The van der Waals surface area contributed by atoms with Crippen molar-refractivity contribution in [2.45, 2.75) is 264 Å². The number of hydrogen-bond acceptors (Lipinski definition) is 5. The average Bonchev–Trinajstić information content (AvgIpc) is 3.18. The molecule has 0 radical (unpaired) electrons. The number of hydrogen-bond donors (Lipinski definition) is 3. The van der Waals surface area contributed by atoms with Gasteiger partial charge in [0.15, 0.2) is 0 Å². The molecule has 3 N–H and O–H groups in total. The predicted molar refractivity (Wildman–Crippen MR) is 236 cm³/mol. The van der Waals surface area contributed by atoms with Crippen molar-refractivity contribution < 1.29 is 24.5 Å². The van der Waals surface area contributed by atoms with Gasteiger partial charge in [-0.25, -0.2) is 0 Å². The maximum absolute atomic E-state index is 12.3. The summed E-state index contributed by atoms with van der Waals surface area (Å²) in [5.74, 6) is -0.116. The van der Waals surface area contributed by atoms with Crippen molar-refractivity contribution in [3.05, 3.63) is 24.3 Å². The highest BCUT2D eigenvalue weighted by Crippen LogP contribution is 2.15. The average molecular weight is 776 g/mol. The van der Waals surface area contributed by atoms with Crippen molar-refractivity contribution >= 4 is 11.9 Å². The maximum Gasteiger partial charge on any atom is 0.305 e. The van der Waals surface area contributed by atoms with Gasteiger partial charge in [0.2, 0.25) is 5.91 Å². The Balaban J connectivity index is 3.46. The first-order valence-corrected chi connectivity index (χ1v) is 24.1. The number of amides is 1. The smallest absolute Gasteiger partial charge is 0.305 e. The molecule has 6 heteroatoms. The van der Waals surface area contributed by atoms with E-state index >= 15 is 0 Å². The van der Waals surface area contributed by atoms with Crippen LogP contribution in [0.4, 0.5) is 0 Å². The second kappa shape index (κ2) is 45.0. The Labute approximate surface area is 341 Å². The van der Waals surface area contributed by atoms with Gasteiger partial charge in [-0.3, -0.25) is 9.59 Å². The molecule has 0 aromatic carbocycles. The van der Waals surface area contributed by atoms with Crippen LogP contribution in [0, 0.1) is 0 Å². The Kier molecular flexibility index (Phi) is 43.7. The molecule has 0 spiro atoms. The molecule has 0 aromatic rings. The second-order valence-electron chi connectivity index (χ2n) is 16.4. The number of unbranched alkanes of at least 4 members (excludes halogenated alkanes) is 31. The highest BCUT2D eigenvalue weighted by Gasteiger charge is 2.18. The van der Waals surface area contributed by atoms with Crippen LogP contribution in [0.5, 0.6) is 0 Å². The molecule has 0 aliphatic carbocycles. The van der Waals surface area contributed by atoms with E-state index in [1.807, 2.05) is 6.08 Å². The molecule has 0 saturated heterocycles. The molecule has 0 bridgehead atoms. The zero-order chi connectivity index (χ0) is 40.1. The largest absolute Gasteiger partial charge is 0.466 e. The van der Waals surface area contributed by atoms with E-state index in [9.17, 15) is 19.8 Å². The fourth-order valence-corrected chi connectivity index (χ4v) is 7.21. The van der Waals surface area contributed by atoms with Gasteiger partial charge in [-0.2, -0.15) is 0 Å². The SMILES string of the molecule is CCCCCCCC/C=C\CCCCCCCCCCCC(=O)OCCCCCCCCCCCCC(=O)NC(CO)C(O)/C=C/CCCCCCCCC. The molecule has 0 aliphatic heterocycles. The van der Waals surface area contributed by atoms with Crippen LogP contribution < -0.4 is 5.32 Å². The van der Waals surface area contributed by atoms with Crippen LogP contribution in [0.25, 0.3) is 0 Å². The molecule has 0 heterocycles. The molecule has 324 valence electrons. The number of carbonyl (C=O) groups is 2. The van der Waals surface area contributed by atoms with E-state index in [1.165, 1.54) is 167 Å². The zero-order valence-corrected chi connectivity index (χ0v) is 36.7. The van der Waals surface area contributed by atoms with Gasteiger partial charge in [0.05, 0.1) is 25.4 Å². The summed E-state index contributed by atoms with van der Waals surface area (Å²) in [6.07, 6.45) is 51.8. The topological polar surface area (TPSA) is 95.9 Å². The van der Waals surface area contributed by atoms with E-state index in [4.69, 9.17) is 4.74 Å². The van der Waals surface area contributed by atoms with Crippen LogP contribution >= 0.6 is 0 Å². The van der Waals surface area contributed by atoms with Crippen LogP contribution in [-0.2, 0) is 14.3 Å². The first-order valence-electron chi connectivity index (χ1n) is 24.1. The van der Waals surface area contributed by atoms with E-state index < -0.39 is 12.1 Å². The van der Waals surface area contributed by atoms with Crippen LogP contribution in [0.3, 0.4) is 0 Å². The molecule has 6 nitrogen and oxygen atoms in total. The number of ether oxygens (including phenoxy) is 1. The molecule has 55 heavy (non-hydrogen) atoms. The standard InChI is InChI=1S/C49H93NO5/c1-3-5-7-9-11-13-14-15-16-17-18-19-20-21-22-27-31-35-39-43-49(54)55-44-40-36-32-28-24-23-26-30-34-38-42-48(53)50-46(45-51)47(52)41-37-33-29-25-12-10-8-6-4-2/h15-16,37,41,46-47,51-52H,3-14,17-36,38-40,42-45H2,1-2H3,(H,50,53)/b16-15-,41-37+. The maximum atomic E-state index is 12.3. The molecule has 0 rings (SSSR count). The summed E-state index contributed by atoms with van der Waals surface area (Å²) < 4.78 is 5.46. The summed E-state index contributed by atoms with van der Waals surface area (Å²) in [6, 6.07) is -0.642. The summed E-state index contributed by atoms with van der Waals surface area (Å²) in [5.41, 5.74) is 0. The van der Waals surface area contributed by atoms with Gasteiger partial charge in [-0.05, 0) is 57.8 Å². The minimum Gasteiger partial charge on any atom is -0.466 e. The van der Waals surface area contributed by atoms with E-state index in [2.05, 4.69) is 31.3 Å². The van der Waals surface area contributed by atoms with Crippen molar-refractivity contribution in [3.63, 3.8) is 0 Å². The van der Waals surface area contributed by atoms with Gasteiger partial charge in [0.1, 0.15) is 0 Å². The lowest BCUT2D eigenvalue weighted by Gasteiger charge is -2.20.